The first-order valence-electron chi connectivity index (χ1n) is 14.6. The number of aromatic nitrogens is 1. The van der Waals surface area contributed by atoms with Crippen molar-refractivity contribution in [3.63, 3.8) is 0 Å². The fraction of sp³-hybridized carbons (Fsp3) is 0.294. The molecule has 0 unspecified atom stereocenters. The summed E-state index contributed by atoms with van der Waals surface area (Å²) in [5.41, 5.74) is 3.97. The number of alkyl halides is 3. The van der Waals surface area contributed by atoms with Crippen molar-refractivity contribution >= 4 is 21.6 Å². The van der Waals surface area contributed by atoms with Crippen molar-refractivity contribution in [2.24, 2.45) is 5.92 Å². The Balaban J connectivity index is 1.30. The quantitative estimate of drug-likeness (QED) is 0.228. The van der Waals surface area contributed by atoms with Crippen LogP contribution in [0.25, 0.3) is 0 Å². The molecule has 3 atom stereocenters. The Morgan fingerprint density at radius 3 is 2.43 bits per heavy atom. The number of halogens is 3. The van der Waals surface area contributed by atoms with E-state index >= 15 is 0 Å². The van der Waals surface area contributed by atoms with Crippen LogP contribution in [0.15, 0.2) is 95.9 Å². The zero-order chi connectivity index (χ0) is 31.1. The molecule has 2 aliphatic carbocycles. The van der Waals surface area contributed by atoms with Gasteiger partial charge in [-0.2, -0.15) is 13.2 Å². The predicted molar refractivity (Wildman–Crippen MR) is 161 cm³/mol. The second-order valence-corrected chi connectivity index (χ2v) is 13.2. The highest BCUT2D eigenvalue weighted by Gasteiger charge is 2.46. The lowest BCUT2D eigenvalue weighted by Crippen LogP contribution is -2.34. The van der Waals surface area contributed by atoms with Crippen molar-refractivity contribution in [1.82, 2.24) is 9.71 Å². The summed E-state index contributed by atoms with van der Waals surface area (Å²) < 4.78 is 68.6. The number of amides is 1. The van der Waals surface area contributed by atoms with Crippen LogP contribution in [-0.4, -0.2) is 19.3 Å². The third kappa shape index (κ3) is 6.42. The molecule has 0 bridgehead atoms. The van der Waals surface area contributed by atoms with Gasteiger partial charge in [0.05, 0.1) is 22.7 Å². The summed E-state index contributed by atoms with van der Waals surface area (Å²) in [6.45, 7) is 2.08. The average molecular weight is 620 g/mol. The number of nitrogens with one attached hydrogen (secondary N) is 1. The lowest BCUT2D eigenvalue weighted by Gasteiger charge is -2.29. The summed E-state index contributed by atoms with van der Waals surface area (Å²) in [5, 5.41) is 0. The Kier molecular flexibility index (Phi) is 8.06. The van der Waals surface area contributed by atoms with Gasteiger partial charge in [0.2, 0.25) is 15.9 Å². The lowest BCUT2D eigenvalue weighted by molar-refractivity contribution is -0.137. The topological polar surface area (TPSA) is 79.4 Å². The van der Waals surface area contributed by atoms with Gasteiger partial charge in [0.15, 0.2) is 0 Å². The number of benzene rings is 3. The molecule has 0 spiro atoms. The number of sulfonamides is 1. The van der Waals surface area contributed by atoms with Crippen molar-refractivity contribution in [2.45, 2.75) is 62.2 Å². The van der Waals surface area contributed by atoms with Gasteiger partial charge in [-0.3, -0.25) is 9.78 Å². The molecule has 1 fully saturated rings. The van der Waals surface area contributed by atoms with Crippen LogP contribution < -0.4 is 9.62 Å². The normalized spacial score (nSPS) is 19.7. The molecule has 228 valence electrons. The highest BCUT2D eigenvalue weighted by atomic mass is 32.2. The van der Waals surface area contributed by atoms with Gasteiger partial charge in [-0.1, -0.05) is 42.5 Å². The van der Waals surface area contributed by atoms with E-state index in [-0.39, 0.29) is 29.2 Å². The molecule has 10 heteroatoms. The van der Waals surface area contributed by atoms with Crippen LogP contribution in [0.3, 0.4) is 0 Å². The summed E-state index contributed by atoms with van der Waals surface area (Å²) in [7, 11) is -3.77. The molecule has 2 aliphatic rings. The maximum atomic E-state index is 14.1. The summed E-state index contributed by atoms with van der Waals surface area (Å²) >= 11 is 0. The minimum atomic E-state index is -4.42. The molecule has 1 N–H and O–H groups in total. The van der Waals surface area contributed by atoms with Gasteiger partial charge in [-0.05, 0) is 104 Å². The highest BCUT2D eigenvalue weighted by molar-refractivity contribution is 7.89. The number of fused-ring (bicyclic) bond motifs is 1. The molecular weight excluding hydrogens is 587 g/mol. The van der Waals surface area contributed by atoms with Gasteiger partial charge < -0.3 is 4.90 Å². The standard InChI is InChI=1S/C34H32F3N3O3S/c1-22-7-5-9-26(38-22)21-40(33(41)31-20-29(31)24-13-16-25(17-14-24)34(35,36)37)27-18-15-23-8-6-12-32(30(23)19-27)39-44(42,43)28-10-3-2-4-11-28/h2-5,7,9-11,13-19,29,31-32,39H,6,8,12,20-21H2,1H3/t29-,31+,32-/m0/s1. The number of carbonyl (C=O) groups is 1. The van der Waals surface area contributed by atoms with E-state index in [2.05, 4.69) is 9.71 Å². The molecule has 0 radical (unpaired) electrons. The molecular formula is C34H32F3N3O3S. The second kappa shape index (κ2) is 11.8. The zero-order valence-electron chi connectivity index (χ0n) is 24.1. The van der Waals surface area contributed by atoms with Gasteiger partial charge in [-0.15, -0.1) is 0 Å². The van der Waals surface area contributed by atoms with Crippen molar-refractivity contribution in [3.05, 3.63) is 125 Å². The number of pyridine rings is 1. The summed E-state index contributed by atoms with van der Waals surface area (Å²) in [4.78, 5) is 20.5. The highest BCUT2D eigenvalue weighted by Crippen LogP contribution is 2.49. The van der Waals surface area contributed by atoms with E-state index in [0.29, 0.717) is 29.8 Å². The first kappa shape index (κ1) is 30.0. The van der Waals surface area contributed by atoms with Crippen LogP contribution in [0.1, 0.15) is 64.9 Å². The lowest BCUT2D eigenvalue weighted by atomic mass is 9.87. The number of nitrogens with zero attached hydrogens (tertiary/aromatic N) is 2. The van der Waals surface area contributed by atoms with Gasteiger partial charge in [0.1, 0.15) is 0 Å². The summed E-state index contributed by atoms with van der Waals surface area (Å²) in [6, 6.07) is 24.1. The van der Waals surface area contributed by atoms with E-state index < -0.39 is 27.8 Å². The van der Waals surface area contributed by atoms with Crippen molar-refractivity contribution in [3.8, 4) is 0 Å². The number of rotatable bonds is 8. The van der Waals surface area contributed by atoms with E-state index in [1.54, 1.807) is 35.2 Å². The molecule has 0 saturated heterocycles. The molecule has 1 heterocycles. The number of aryl methyl sites for hydroxylation is 2. The second-order valence-electron chi connectivity index (χ2n) is 11.5. The third-order valence-electron chi connectivity index (χ3n) is 8.41. The molecule has 1 amide bonds. The minimum absolute atomic E-state index is 0.143. The van der Waals surface area contributed by atoms with Crippen LogP contribution >= 0.6 is 0 Å². The Morgan fingerprint density at radius 1 is 0.977 bits per heavy atom. The minimum Gasteiger partial charge on any atom is -0.306 e. The SMILES string of the molecule is Cc1cccc(CN(C(=O)[C@@H]2C[C@H]2c2ccc(C(F)(F)F)cc2)c2ccc3c(c2)[C@@H](NS(=O)(=O)c2ccccc2)CCC3)n1. The molecule has 4 aromatic rings. The maximum Gasteiger partial charge on any atom is 0.416 e. The first-order chi connectivity index (χ1) is 21.0. The van der Waals surface area contributed by atoms with Gasteiger partial charge in [0, 0.05) is 23.3 Å². The third-order valence-corrected chi connectivity index (χ3v) is 9.90. The Morgan fingerprint density at radius 2 is 1.73 bits per heavy atom. The molecule has 6 rings (SSSR count). The zero-order valence-corrected chi connectivity index (χ0v) is 24.9. The Labute approximate surface area is 255 Å². The average Bonchev–Trinajstić information content (AvgIpc) is 3.81. The van der Waals surface area contributed by atoms with Crippen LogP contribution in [0.2, 0.25) is 0 Å². The van der Waals surface area contributed by atoms with Gasteiger partial charge >= 0.3 is 6.18 Å². The number of hydrogen-bond donors (Lipinski definition) is 1. The molecule has 0 aliphatic heterocycles. The molecule has 6 nitrogen and oxygen atoms in total. The fourth-order valence-corrected chi connectivity index (χ4v) is 7.30. The van der Waals surface area contributed by atoms with Crippen LogP contribution in [0, 0.1) is 12.8 Å². The fourth-order valence-electron chi connectivity index (χ4n) is 6.03. The molecule has 3 aromatic carbocycles. The number of anilines is 1. The van der Waals surface area contributed by atoms with E-state index in [1.807, 2.05) is 43.3 Å². The Hall–Kier alpha value is -4.02. The van der Waals surface area contributed by atoms with E-state index in [0.717, 1.165) is 41.8 Å². The van der Waals surface area contributed by atoms with E-state index in [1.165, 1.54) is 12.1 Å². The molecule has 1 aromatic heterocycles. The molecule has 44 heavy (non-hydrogen) atoms. The summed E-state index contributed by atoms with van der Waals surface area (Å²) in [6.07, 6.45) is -1.65. The van der Waals surface area contributed by atoms with E-state index in [4.69, 9.17) is 0 Å². The predicted octanol–water partition coefficient (Wildman–Crippen LogP) is 7.10. The molecule has 1 saturated carbocycles. The van der Waals surface area contributed by atoms with Crippen molar-refractivity contribution < 1.29 is 26.4 Å². The Bertz CT molecular complexity index is 1780. The van der Waals surface area contributed by atoms with Crippen LogP contribution in [0.5, 0.6) is 0 Å². The van der Waals surface area contributed by atoms with E-state index in [9.17, 15) is 26.4 Å². The van der Waals surface area contributed by atoms with Gasteiger partial charge in [-0.25, -0.2) is 13.1 Å². The maximum absolute atomic E-state index is 14.1. The number of hydrogen-bond acceptors (Lipinski definition) is 4. The van der Waals surface area contributed by atoms with Crippen LogP contribution in [-0.2, 0) is 34.0 Å². The largest absolute Gasteiger partial charge is 0.416 e. The van der Waals surface area contributed by atoms with Crippen molar-refractivity contribution in [2.75, 3.05) is 4.90 Å². The van der Waals surface area contributed by atoms with Gasteiger partial charge in [0.25, 0.3) is 0 Å². The summed E-state index contributed by atoms with van der Waals surface area (Å²) in [5.74, 6) is -0.712. The van der Waals surface area contributed by atoms with Crippen LogP contribution in [0.4, 0.5) is 18.9 Å². The smallest absolute Gasteiger partial charge is 0.306 e. The monoisotopic (exact) mass is 619 g/mol. The van der Waals surface area contributed by atoms with Crippen molar-refractivity contribution in [1.29, 1.82) is 0 Å². The number of carbonyl (C=O) groups excluding carboxylic acids is 1. The first-order valence-corrected chi connectivity index (χ1v) is 16.1.